The van der Waals surface area contributed by atoms with Crippen molar-refractivity contribution in [2.75, 3.05) is 11.9 Å². The summed E-state index contributed by atoms with van der Waals surface area (Å²) in [5.74, 6) is 2.18. The molecule has 0 radical (unpaired) electrons. The van der Waals surface area contributed by atoms with E-state index < -0.39 is 0 Å². The van der Waals surface area contributed by atoms with Gasteiger partial charge in [0, 0.05) is 18.5 Å². The van der Waals surface area contributed by atoms with Crippen molar-refractivity contribution >= 4 is 29.1 Å². The zero-order valence-electron chi connectivity index (χ0n) is 12.9. The molecule has 0 aromatic carbocycles. The average Bonchev–Trinajstić information content (AvgIpc) is 2.92. The minimum atomic E-state index is 0.353. The van der Waals surface area contributed by atoms with Crippen LogP contribution >= 0.6 is 23.3 Å². The van der Waals surface area contributed by atoms with Crippen molar-refractivity contribution in [3.8, 4) is 0 Å². The Morgan fingerprint density at radius 2 is 2.10 bits per heavy atom. The summed E-state index contributed by atoms with van der Waals surface area (Å²) in [5, 5.41) is 4.36. The molecule has 0 aliphatic carbocycles. The van der Waals surface area contributed by atoms with Crippen LogP contribution in [0.15, 0.2) is 15.7 Å². The molecule has 0 aliphatic heterocycles. The van der Waals surface area contributed by atoms with Crippen LogP contribution in [0, 0.1) is 0 Å². The molecule has 0 atom stereocenters. The fraction of sp³-hybridized carbons (Fsp3) is 0.571. The van der Waals surface area contributed by atoms with Gasteiger partial charge in [-0.2, -0.15) is 4.37 Å². The van der Waals surface area contributed by atoms with Gasteiger partial charge in [-0.1, -0.05) is 27.7 Å². The van der Waals surface area contributed by atoms with Crippen LogP contribution < -0.4 is 5.32 Å². The van der Waals surface area contributed by atoms with E-state index in [2.05, 4.69) is 52.3 Å². The lowest BCUT2D eigenvalue weighted by molar-refractivity contribution is 0.799. The van der Waals surface area contributed by atoms with E-state index in [4.69, 9.17) is 0 Å². The highest BCUT2D eigenvalue weighted by Gasteiger charge is 2.17. The Morgan fingerprint density at radius 3 is 2.71 bits per heavy atom. The molecule has 0 unspecified atom stereocenters. The lowest BCUT2D eigenvalue weighted by atomic mass is 10.1. The van der Waals surface area contributed by atoms with Crippen LogP contribution in [-0.4, -0.2) is 25.9 Å². The van der Waals surface area contributed by atoms with Gasteiger partial charge in [-0.25, -0.2) is 15.0 Å². The molecule has 2 heterocycles. The maximum absolute atomic E-state index is 4.51. The van der Waals surface area contributed by atoms with Crippen molar-refractivity contribution in [3.05, 3.63) is 17.7 Å². The Morgan fingerprint density at radius 1 is 1.29 bits per heavy atom. The van der Waals surface area contributed by atoms with Crippen LogP contribution in [0.2, 0.25) is 0 Å². The summed E-state index contributed by atoms with van der Waals surface area (Å²) < 4.78 is 5.27. The third kappa shape index (κ3) is 4.14. The molecular formula is C14H21N5S2. The Labute approximate surface area is 134 Å². The van der Waals surface area contributed by atoms with Gasteiger partial charge in [0.2, 0.25) is 0 Å². The maximum atomic E-state index is 4.51. The van der Waals surface area contributed by atoms with E-state index in [-0.39, 0.29) is 0 Å². The van der Waals surface area contributed by atoms with Crippen molar-refractivity contribution in [1.29, 1.82) is 0 Å². The normalized spacial score (nSPS) is 11.1. The maximum Gasteiger partial charge on any atom is 0.176 e. The zero-order valence-corrected chi connectivity index (χ0v) is 14.5. The number of rotatable bonds is 7. The molecule has 1 N–H and O–H groups in total. The van der Waals surface area contributed by atoms with E-state index in [0.717, 1.165) is 46.0 Å². The molecular weight excluding hydrogens is 302 g/mol. The third-order valence-corrected chi connectivity index (χ3v) is 4.72. The Hall–Kier alpha value is -1.21. The second-order valence-corrected chi connectivity index (χ2v) is 6.94. The Kier molecular flexibility index (Phi) is 5.93. The van der Waals surface area contributed by atoms with Crippen LogP contribution in [0.4, 0.5) is 5.82 Å². The van der Waals surface area contributed by atoms with Gasteiger partial charge in [0.1, 0.15) is 23.0 Å². The molecule has 0 amide bonds. The molecule has 0 spiro atoms. The van der Waals surface area contributed by atoms with Crippen LogP contribution in [-0.2, 0) is 6.42 Å². The second-order valence-electron chi connectivity index (χ2n) is 4.95. The number of hydrogen-bond acceptors (Lipinski definition) is 7. The van der Waals surface area contributed by atoms with E-state index in [0.29, 0.717) is 5.92 Å². The SMILES string of the molecule is CCCNc1ncnc(Sc2nc(CC)ns2)c1C(C)C. The molecule has 2 aromatic heterocycles. The van der Waals surface area contributed by atoms with Gasteiger partial charge < -0.3 is 5.32 Å². The molecule has 0 aliphatic rings. The van der Waals surface area contributed by atoms with E-state index in [1.807, 2.05) is 0 Å². The Balaban J connectivity index is 2.28. The van der Waals surface area contributed by atoms with Gasteiger partial charge in [-0.05, 0) is 35.6 Å². The fourth-order valence-corrected chi connectivity index (χ4v) is 3.73. The summed E-state index contributed by atoms with van der Waals surface area (Å²) in [7, 11) is 0. The summed E-state index contributed by atoms with van der Waals surface area (Å²) >= 11 is 3.01. The molecule has 0 saturated carbocycles. The first kappa shape index (κ1) is 16.2. The van der Waals surface area contributed by atoms with Crippen LogP contribution in [0.5, 0.6) is 0 Å². The smallest absolute Gasteiger partial charge is 0.176 e. The molecule has 21 heavy (non-hydrogen) atoms. The minimum Gasteiger partial charge on any atom is -0.370 e. The molecule has 7 heteroatoms. The Bertz CT molecular complexity index is 582. The quantitative estimate of drug-likeness (QED) is 0.777. The van der Waals surface area contributed by atoms with E-state index in [1.165, 1.54) is 11.5 Å². The van der Waals surface area contributed by atoms with Crippen molar-refractivity contribution in [3.63, 3.8) is 0 Å². The summed E-state index contributed by atoms with van der Waals surface area (Å²) in [6.07, 6.45) is 3.55. The first-order valence-electron chi connectivity index (χ1n) is 7.24. The number of nitrogens with zero attached hydrogens (tertiary/aromatic N) is 4. The van der Waals surface area contributed by atoms with Crippen molar-refractivity contribution in [2.24, 2.45) is 0 Å². The topological polar surface area (TPSA) is 63.6 Å². The first-order valence-corrected chi connectivity index (χ1v) is 8.83. The number of hydrogen-bond donors (Lipinski definition) is 1. The number of anilines is 1. The number of nitrogens with one attached hydrogen (secondary N) is 1. The number of aryl methyl sites for hydroxylation is 1. The van der Waals surface area contributed by atoms with Crippen LogP contribution in [0.1, 0.15) is 51.4 Å². The molecule has 114 valence electrons. The summed E-state index contributed by atoms with van der Waals surface area (Å²) in [6.45, 7) is 9.45. The molecule has 2 aromatic rings. The molecule has 0 fully saturated rings. The van der Waals surface area contributed by atoms with Crippen LogP contribution in [0.3, 0.4) is 0 Å². The van der Waals surface area contributed by atoms with E-state index in [9.17, 15) is 0 Å². The van der Waals surface area contributed by atoms with E-state index in [1.54, 1.807) is 18.1 Å². The lowest BCUT2D eigenvalue weighted by Crippen LogP contribution is -2.08. The molecule has 2 rings (SSSR count). The summed E-state index contributed by atoms with van der Waals surface area (Å²) in [5.41, 5.74) is 1.16. The monoisotopic (exact) mass is 323 g/mol. The van der Waals surface area contributed by atoms with Gasteiger partial charge in [0.15, 0.2) is 4.34 Å². The standard InChI is InChI=1S/C14H21N5S2/c1-5-7-15-12-11(9(3)4)13(17-8-16-12)20-14-18-10(6-2)19-21-14/h8-9H,5-7H2,1-4H3,(H,15,16,17). The fourth-order valence-electron chi connectivity index (χ4n) is 1.87. The van der Waals surface area contributed by atoms with Crippen molar-refractivity contribution < 1.29 is 0 Å². The van der Waals surface area contributed by atoms with Gasteiger partial charge in [-0.3, -0.25) is 0 Å². The average molecular weight is 323 g/mol. The second kappa shape index (κ2) is 7.70. The minimum absolute atomic E-state index is 0.353. The number of aromatic nitrogens is 4. The molecule has 5 nitrogen and oxygen atoms in total. The first-order chi connectivity index (χ1) is 10.2. The van der Waals surface area contributed by atoms with Crippen LogP contribution in [0.25, 0.3) is 0 Å². The summed E-state index contributed by atoms with van der Waals surface area (Å²) in [4.78, 5) is 13.3. The van der Waals surface area contributed by atoms with Gasteiger partial charge >= 0.3 is 0 Å². The zero-order chi connectivity index (χ0) is 15.2. The molecule has 0 bridgehead atoms. The molecule has 0 saturated heterocycles. The van der Waals surface area contributed by atoms with E-state index >= 15 is 0 Å². The van der Waals surface area contributed by atoms with Gasteiger partial charge in [0.05, 0.1) is 0 Å². The predicted octanol–water partition coefficient (Wildman–Crippen LogP) is 3.99. The predicted molar refractivity (Wildman–Crippen MR) is 88.3 cm³/mol. The highest BCUT2D eigenvalue weighted by atomic mass is 32.2. The van der Waals surface area contributed by atoms with Gasteiger partial charge in [0.25, 0.3) is 0 Å². The van der Waals surface area contributed by atoms with Crippen molar-refractivity contribution in [1.82, 2.24) is 19.3 Å². The third-order valence-electron chi connectivity index (χ3n) is 2.92. The largest absolute Gasteiger partial charge is 0.370 e. The highest BCUT2D eigenvalue weighted by Crippen LogP contribution is 2.36. The van der Waals surface area contributed by atoms with Crippen molar-refractivity contribution in [2.45, 2.75) is 55.8 Å². The highest BCUT2D eigenvalue weighted by molar-refractivity contribution is 8.00. The lowest BCUT2D eigenvalue weighted by Gasteiger charge is -2.15. The summed E-state index contributed by atoms with van der Waals surface area (Å²) in [6, 6.07) is 0. The van der Waals surface area contributed by atoms with Gasteiger partial charge in [-0.15, -0.1) is 0 Å².